The maximum Gasteiger partial charge on any atom is 0.434 e. The lowest BCUT2D eigenvalue weighted by atomic mass is 10.2. The number of guanidine groups is 1. The van der Waals surface area contributed by atoms with Gasteiger partial charge in [0.25, 0.3) is 0 Å². The number of nitrogens with zero attached hydrogens (tertiary/aromatic N) is 2. The zero-order valence-electron chi connectivity index (χ0n) is 16.8. The molecule has 0 saturated carbocycles. The molecule has 0 aliphatic heterocycles. The van der Waals surface area contributed by atoms with Gasteiger partial charge in [0, 0.05) is 25.1 Å². The van der Waals surface area contributed by atoms with E-state index < -0.39 is 11.9 Å². The first-order chi connectivity index (χ1) is 13.9. The zero-order chi connectivity index (χ0) is 21.1. The lowest BCUT2D eigenvalue weighted by molar-refractivity contribution is -0.140. The third-order valence-electron chi connectivity index (χ3n) is 3.74. The molecule has 0 atom stereocenters. The van der Waals surface area contributed by atoms with E-state index in [4.69, 9.17) is 9.47 Å². The Balaban J connectivity index is 0.00000450. The first kappa shape index (κ1) is 26.4. The van der Waals surface area contributed by atoms with E-state index in [1.165, 1.54) is 0 Å². The van der Waals surface area contributed by atoms with Gasteiger partial charge in [0.2, 0.25) is 0 Å². The van der Waals surface area contributed by atoms with Crippen molar-refractivity contribution in [2.75, 3.05) is 26.8 Å². The molecular weight excluding hydrogens is 532 g/mol. The molecule has 0 saturated heterocycles. The SMILES string of the molecule is CCNC(=NCc1nc(C(F)(F)F)cs1)NCCCOCc1ccc(OC)cc1.I. The predicted molar refractivity (Wildman–Crippen MR) is 123 cm³/mol. The molecule has 0 aliphatic carbocycles. The molecule has 0 bridgehead atoms. The van der Waals surface area contributed by atoms with Gasteiger partial charge in [-0.15, -0.1) is 35.3 Å². The van der Waals surface area contributed by atoms with Gasteiger partial charge >= 0.3 is 6.18 Å². The molecule has 0 radical (unpaired) electrons. The van der Waals surface area contributed by atoms with E-state index >= 15 is 0 Å². The summed E-state index contributed by atoms with van der Waals surface area (Å²) in [6.45, 7) is 4.36. The molecule has 2 rings (SSSR count). The highest BCUT2D eigenvalue weighted by Gasteiger charge is 2.33. The Morgan fingerprint density at radius 3 is 2.53 bits per heavy atom. The number of methoxy groups -OCH3 is 1. The summed E-state index contributed by atoms with van der Waals surface area (Å²) in [6, 6.07) is 7.69. The number of benzene rings is 1. The van der Waals surface area contributed by atoms with Crippen LogP contribution < -0.4 is 15.4 Å². The minimum atomic E-state index is -4.42. The Kier molecular flexibility index (Phi) is 12.0. The van der Waals surface area contributed by atoms with Gasteiger partial charge in [-0.05, 0) is 31.0 Å². The highest BCUT2D eigenvalue weighted by molar-refractivity contribution is 14.0. The molecule has 1 heterocycles. The fourth-order valence-electron chi connectivity index (χ4n) is 2.29. The smallest absolute Gasteiger partial charge is 0.434 e. The van der Waals surface area contributed by atoms with Crippen LogP contribution in [0, 0.1) is 0 Å². The van der Waals surface area contributed by atoms with Crippen LogP contribution in [0.25, 0.3) is 0 Å². The predicted octanol–water partition coefficient (Wildman–Crippen LogP) is 4.45. The van der Waals surface area contributed by atoms with Crippen LogP contribution in [0.3, 0.4) is 0 Å². The molecule has 0 spiro atoms. The molecule has 0 fully saturated rings. The molecule has 30 heavy (non-hydrogen) atoms. The summed E-state index contributed by atoms with van der Waals surface area (Å²) in [7, 11) is 1.63. The monoisotopic (exact) mass is 558 g/mol. The third-order valence-corrected chi connectivity index (χ3v) is 4.58. The third kappa shape index (κ3) is 9.47. The molecule has 0 aliphatic rings. The van der Waals surface area contributed by atoms with Crippen LogP contribution in [0.1, 0.15) is 29.6 Å². The normalized spacial score (nSPS) is 11.7. The van der Waals surface area contributed by atoms with E-state index in [-0.39, 0.29) is 30.5 Å². The van der Waals surface area contributed by atoms with Gasteiger partial charge in [-0.2, -0.15) is 13.2 Å². The van der Waals surface area contributed by atoms with Crippen molar-refractivity contribution in [1.29, 1.82) is 0 Å². The Morgan fingerprint density at radius 2 is 1.93 bits per heavy atom. The summed E-state index contributed by atoms with van der Waals surface area (Å²) in [5.74, 6) is 1.34. The summed E-state index contributed by atoms with van der Waals surface area (Å²) in [4.78, 5) is 7.86. The van der Waals surface area contributed by atoms with Crippen LogP contribution in [-0.2, 0) is 24.1 Å². The van der Waals surface area contributed by atoms with Crippen molar-refractivity contribution in [2.45, 2.75) is 32.7 Å². The highest BCUT2D eigenvalue weighted by atomic mass is 127. The van der Waals surface area contributed by atoms with Crippen LogP contribution in [0.5, 0.6) is 5.75 Å². The van der Waals surface area contributed by atoms with E-state index in [0.717, 1.165) is 34.5 Å². The van der Waals surface area contributed by atoms with Crippen LogP contribution in [0.2, 0.25) is 0 Å². The van der Waals surface area contributed by atoms with Crippen molar-refractivity contribution in [3.8, 4) is 5.75 Å². The highest BCUT2D eigenvalue weighted by Crippen LogP contribution is 2.30. The number of nitrogens with one attached hydrogen (secondary N) is 2. The van der Waals surface area contributed by atoms with E-state index in [9.17, 15) is 13.2 Å². The average molecular weight is 558 g/mol. The van der Waals surface area contributed by atoms with Crippen LogP contribution >= 0.6 is 35.3 Å². The second-order valence-corrected chi connectivity index (χ2v) is 6.94. The van der Waals surface area contributed by atoms with E-state index in [1.54, 1.807) is 7.11 Å². The molecule has 2 N–H and O–H groups in total. The molecule has 168 valence electrons. The maximum absolute atomic E-state index is 12.6. The minimum Gasteiger partial charge on any atom is -0.497 e. The number of hydrogen-bond acceptors (Lipinski definition) is 5. The number of alkyl halides is 3. The molecule has 0 amide bonds. The Morgan fingerprint density at radius 1 is 1.20 bits per heavy atom. The van der Waals surface area contributed by atoms with Crippen molar-refractivity contribution in [2.24, 2.45) is 4.99 Å². The molecular formula is C19H26F3IN4O2S. The maximum atomic E-state index is 12.6. The minimum absolute atomic E-state index is 0. The number of aliphatic imine (C=N–C) groups is 1. The Hall–Kier alpha value is -1.60. The fourth-order valence-corrected chi connectivity index (χ4v) is 3.02. The molecule has 1 aromatic heterocycles. The van der Waals surface area contributed by atoms with Gasteiger partial charge in [-0.3, -0.25) is 0 Å². The van der Waals surface area contributed by atoms with Crippen molar-refractivity contribution in [1.82, 2.24) is 15.6 Å². The van der Waals surface area contributed by atoms with Crippen LogP contribution in [0.4, 0.5) is 13.2 Å². The van der Waals surface area contributed by atoms with Crippen molar-refractivity contribution in [3.05, 3.63) is 45.9 Å². The summed E-state index contributed by atoms with van der Waals surface area (Å²) < 4.78 is 48.6. The lowest BCUT2D eigenvalue weighted by Crippen LogP contribution is -2.38. The second-order valence-electron chi connectivity index (χ2n) is 6.00. The number of ether oxygens (including phenoxy) is 2. The summed E-state index contributed by atoms with van der Waals surface area (Å²) in [6.07, 6.45) is -3.66. The van der Waals surface area contributed by atoms with Gasteiger partial charge in [0.05, 0.1) is 20.3 Å². The quantitative estimate of drug-likeness (QED) is 0.195. The molecule has 2 aromatic rings. The Bertz CT molecular complexity index is 770. The van der Waals surface area contributed by atoms with Gasteiger partial charge in [0.15, 0.2) is 11.7 Å². The van der Waals surface area contributed by atoms with E-state index in [1.807, 2.05) is 31.2 Å². The van der Waals surface area contributed by atoms with Crippen molar-refractivity contribution >= 4 is 41.3 Å². The molecule has 6 nitrogen and oxygen atoms in total. The molecule has 11 heteroatoms. The average Bonchev–Trinajstić information content (AvgIpc) is 3.18. The molecule has 1 aromatic carbocycles. The number of thiazole rings is 1. The number of rotatable bonds is 10. The zero-order valence-corrected chi connectivity index (χ0v) is 19.9. The van der Waals surface area contributed by atoms with Crippen LogP contribution in [0.15, 0.2) is 34.6 Å². The van der Waals surface area contributed by atoms with E-state index in [2.05, 4.69) is 20.6 Å². The van der Waals surface area contributed by atoms with Crippen molar-refractivity contribution in [3.63, 3.8) is 0 Å². The number of hydrogen-bond donors (Lipinski definition) is 2. The van der Waals surface area contributed by atoms with Crippen molar-refractivity contribution < 1.29 is 22.6 Å². The first-order valence-electron chi connectivity index (χ1n) is 9.16. The summed E-state index contributed by atoms with van der Waals surface area (Å²) in [5.41, 5.74) is 0.190. The summed E-state index contributed by atoms with van der Waals surface area (Å²) >= 11 is 0.950. The van der Waals surface area contributed by atoms with Crippen LogP contribution in [-0.4, -0.2) is 37.7 Å². The van der Waals surface area contributed by atoms with E-state index in [0.29, 0.717) is 37.3 Å². The number of halogens is 4. The van der Waals surface area contributed by atoms with Gasteiger partial charge in [-0.25, -0.2) is 9.98 Å². The fraction of sp³-hybridized carbons (Fsp3) is 0.474. The lowest BCUT2D eigenvalue weighted by Gasteiger charge is -2.11. The van der Waals surface area contributed by atoms with Gasteiger partial charge < -0.3 is 20.1 Å². The van der Waals surface area contributed by atoms with Gasteiger partial charge in [0.1, 0.15) is 10.8 Å². The second kappa shape index (κ2) is 13.7. The largest absolute Gasteiger partial charge is 0.497 e. The topological polar surface area (TPSA) is 67.8 Å². The molecule has 0 unspecified atom stereocenters. The summed E-state index contributed by atoms with van der Waals surface area (Å²) in [5, 5.41) is 7.52. The van der Waals surface area contributed by atoms with Gasteiger partial charge in [-0.1, -0.05) is 12.1 Å². The standard InChI is InChI=1S/C19H25F3N4O2S.HI/c1-3-23-18(25-11-17-26-16(13-29-17)19(20,21)22)24-9-4-10-28-12-14-5-7-15(27-2)8-6-14;/h5-8,13H,3-4,9-12H2,1-2H3,(H2,23,24,25);1H. The Labute approximate surface area is 195 Å². The number of aromatic nitrogens is 1. The first-order valence-corrected chi connectivity index (χ1v) is 10.0.